The predicted molar refractivity (Wildman–Crippen MR) is 131 cm³/mol. The number of ketones is 1. The van der Waals surface area contributed by atoms with E-state index in [9.17, 15) is 4.79 Å². The monoisotopic (exact) mass is 437 g/mol. The lowest BCUT2D eigenvalue weighted by atomic mass is 9.44. The molecule has 4 saturated carbocycles. The summed E-state index contributed by atoms with van der Waals surface area (Å²) < 4.78 is 5.91. The molecule has 4 fully saturated rings. The molecular weight excluding hydrogens is 394 g/mol. The Kier molecular flexibility index (Phi) is 5.93. The van der Waals surface area contributed by atoms with Crippen molar-refractivity contribution in [1.29, 1.82) is 0 Å². The highest BCUT2D eigenvalue weighted by Gasteiger charge is 2.61. The molecule has 32 heavy (non-hydrogen) atoms. The lowest BCUT2D eigenvalue weighted by Crippen LogP contribution is -2.56. The number of carbonyl (C=O) groups is 1. The van der Waals surface area contributed by atoms with E-state index in [1.54, 1.807) is 0 Å². The first-order valence-corrected chi connectivity index (χ1v) is 13.2. The van der Waals surface area contributed by atoms with Crippen LogP contribution in [0.1, 0.15) is 81.5 Å². The molecule has 0 spiro atoms. The van der Waals surface area contributed by atoms with E-state index in [4.69, 9.17) is 4.74 Å². The first-order valence-electron chi connectivity index (χ1n) is 13.2. The zero-order valence-corrected chi connectivity index (χ0v) is 20.7. The average molecular weight is 438 g/mol. The number of fused-ring (bicyclic) bond motifs is 5. The van der Waals surface area contributed by atoms with E-state index in [2.05, 4.69) is 50.2 Å². The number of hydrogen-bond acceptors (Lipinski definition) is 3. The SMILES string of the molecule is COCC12CCCC[C@@H]1CCC1[C@@H]3CC[C@H](C(=O)c4ccc(N(C)C)cc4)C3(C)CC[C@@H]12. The van der Waals surface area contributed by atoms with E-state index in [0.717, 1.165) is 42.0 Å². The molecule has 7 atom stereocenters. The second kappa shape index (κ2) is 8.46. The molecule has 176 valence electrons. The first-order chi connectivity index (χ1) is 15.4. The number of nitrogens with zero attached hydrogens (tertiary/aromatic N) is 1. The molecular formula is C29H43NO2. The van der Waals surface area contributed by atoms with Gasteiger partial charge in [-0.25, -0.2) is 0 Å². The van der Waals surface area contributed by atoms with Crippen molar-refractivity contribution in [1.82, 2.24) is 0 Å². The Morgan fingerprint density at radius 1 is 0.969 bits per heavy atom. The van der Waals surface area contributed by atoms with Gasteiger partial charge in [-0.2, -0.15) is 0 Å². The van der Waals surface area contributed by atoms with Gasteiger partial charge in [-0.3, -0.25) is 4.79 Å². The summed E-state index contributed by atoms with van der Waals surface area (Å²) in [6.45, 7) is 3.44. The summed E-state index contributed by atoms with van der Waals surface area (Å²) >= 11 is 0. The van der Waals surface area contributed by atoms with Crippen molar-refractivity contribution >= 4 is 11.5 Å². The van der Waals surface area contributed by atoms with Crippen molar-refractivity contribution in [2.75, 3.05) is 32.7 Å². The Morgan fingerprint density at radius 2 is 1.75 bits per heavy atom. The summed E-state index contributed by atoms with van der Waals surface area (Å²) in [5.74, 6) is 3.79. The average Bonchev–Trinajstić information content (AvgIpc) is 3.16. The zero-order chi connectivity index (χ0) is 22.5. The number of Topliss-reactive ketones (excluding diaryl/α,β-unsaturated/α-hetero) is 1. The predicted octanol–water partition coefficient (Wildman–Crippen LogP) is 6.61. The highest BCUT2D eigenvalue weighted by atomic mass is 16.5. The van der Waals surface area contributed by atoms with E-state index in [1.807, 2.05) is 7.11 Å². The fraction of sp³-hybridized carbons (Fsp3) is 0.759. The molecule has 0 saturated heterocycles. The Balaban J connectivity index is 1.39. The van der Waals surface area contributed by atoms with Gasteiger partial charge in [0, 0.05) is 38.4 Å². The lowest BCUT2D eigenvalue weighted by molar-refractivity contribution is -0.143. The van der Waals surface area contributed by atoms with Crippen LogP contribution in [0.2, 0.25) is 0 Å². The Labute approximate surface area is 195 Å². The first kappa shape index (κ1) is 22.4. The highest BCUT2D eigenvalue weighted by molar-refractivity contribution is 5.98. The maximum absolute atomic E-state index is 13.7. The van der Waals surface area contributed by atoms with Crippen LogP contribution in [0.15, 0.2) is 24.3 Å². The maximum Gasteiger partial charge on any atom is 0.166 e. The molecule has 5 rings (SSSR count). The Bertz CT molecular complexity index is 828. The van der Waals surface area contributed by atoms with Crippen molar-refractivity contribution in [2.24, 2.45) is 40.4 Å². The molecule has 3 heteroatoms. The second-order valence-corrected chi connectivity index (χ2v) is 12.0. The van der Waals surface area contributed by atoms with Crippen LogP contribution in [0.5, 0.6) is 0 Å². The van der Waals surface area contributed by atoms with Crippen molar-refractivity contribution in [2.45, 2.75) is 71.1 Å². The number of benzene rings is 1. The molecule has 1 aromatic rings. The van der Waals surface area contributed by atoms with Gasteiger partial charge in [0.15, 0.2) is 5.78 Å². The summed E-state index contributed by atoms with van der Waals surface area (Å²) in [5.41, 5.74) is 2.66. The highest BCUT2D eigenvalue weighted by Crippen LogP contribution is 2.67. The second-order valence-electron chi connectivity index (χ2n) is 12.0. The van der Waals surface area contributed by atoms with Crippen LogP contribution < -0.4 is 4.90 Å². The number of carbonyl (C=O) groups excluding carboxylic acids is 1. The van der Waals surface area contributed by atoms with Gasteiger partial charge in [-0.15, -0.1) is 0 Å². The van der Waals surface area contributed by atoms with Gasteiger partial charge in [0.1, 0.15) is 0 Å². The maximum atomic E-state index is 13.7. The number of rotatable bonds is 5. The Hall–Kier alpha value is -1.35. The van der Waals surface area contributed by atoms with Crippen LogP contribution in [-0.4, -0.2) is 33.6 Å². The van der Waals surface area contributed by atoms with Gasteiger partial charge >= 0.3 is 0 Å². The smallest absolute Gasteiger partial charge is 0.166 e. The minimum atomic E-state index is 0.175. The minimum Gasteiger partial charge on any atom is -0.384 e. The topological polar surface area (TPSA) is 29.5 Å². The quantitative estimate of drug-likeness (QED) is 0.485. The third kappa shape index (κ3) is 3.37. The summed E-state index contributed by atoms with van der Waals surface area (Å²) in [7, 11) is 6.02. The summed E-state index contributed by atoms with van der Waals surface area (Å²) in [5, 5.41) is 0. The number of methoxy groups -OCH3 is 1. The van der Waals surface area contributed by atoms with Crippen molar-refractivity contribution < 1.29 is 9.53 Å². The molecule has 0 radical (unpaired) electrons. The number of hydrogen-bond donors (Lipinski definition) is 0. The van der Waals surface area contributed by atoms with E-state index in [-0.39, 0.29) is 11.3 Å². The van der Waals surface area contributed by atoms with Crippen LogP contribution in [0, 0.1) is 40.4 Å². The van der Waals surface area contributed by atoms with E-state index >= 15 is 0 Å². The number of ether oxygens (including phenoxy) is 1. The van der Waals surface area contributed by atoms with E-state index in [0.29, 0.717) is 17.1 Å². The van der Waals surface area contributed by atoms with Gasteiger partial charge < -0.3 is 9.64 Å². The van der Waals surface area contributed by atoms with Crippen molar-refractivity contribution in [3.05, 3.63) is 29.8 Å². The van der Waals surface area contributed by atoms with Crippen molar-refractivity contribution in [3.63, 3.8) is 0 Å². The lowest BCUT2D eigenvalue weighted by Gasteiger charge is -2.61. The summed E-state index contributed by atoms with van der Waals surface area (Å²) in [6, 6.07) is 8.30. The molecule has 0 aromatic heterocycles. The molecule has 0 amide bonds. The van der Waals surface area contributed by atoms with Crippen LogP contribution in [0.25, 0.3) is 0 Å². The van der Waals surface area contributed by atoms with Crippen molar-refractivity contribution in [3.8, 4) is 0 Å². The van der Waals surface area contributed by atoms with E-state index < -0.39 is 0 Å². The summed E-state index contributed by atoms with van der Waals surface area (Å²) in [4.78, 5) is 15.8. The third-order valence-electron chi connectivity index (χ3n) is 10.7. The molecule has 0 N–H and O–H groups in total. The molecule has 4 aliphatic rings. The van der Waals surface area contributed by atoms with Crippen LogP contribution in [-0.2, 0) is 4.74 Å². The van der Waals surface area contributed by atoms with Gasteiger partial charge in [0.05, 0.1) is 6.61 Å². The molecule has 3 unspecified atom stereocenters. The molecule has 4 aliphatic carbocycles. The summed E-state index contributed by atoms with van der Waals surface area (Å²) in [6.07, 6.45) is 13.2. The van der Waals surface area contributed by atoms with Gasteiger partial charge in [0.2, 0.25) is 0 Å². The largest absolute Gasteiger partial charge is 0.384 e. The van der Waals surface area contributed by atoms with Gasteiger partial charge in [0.25, 0.3) is 0 Å². The zero-order valence-electron chi connectivity index (χ0n) is 20.7. The van der Waals surface area contributed by atoms with E-state index in [1.165, 1.54) is 57.8 Å². The fourth-order valence-electron chi connectivity index (χ4n) is 9.18. The standard InChI is InChI=1S/C29H43NO2/c1-28-18-16-25-23(13-10-21-7-5-6-17-29(21,25)19-32-4)24(28)14-15-26(28)27(31)20-8-11-22(12-9-20)30(2)3/h8-9,11-12,21,23-26H,5-7,10,13-19H2,1-4H3/t21-,23?,24+,25+,26-,28?,29?/m1/s1. The molecule has 0 bridgehead atoms. The van der Waals surface area contributed by atoms with Gasteiger partial charge in [-0.1, -0.05) is 19.8 Å². The molecule has 3 nitrogen and oxygen atoms in total. The third-order valence-corrected chi connectivity index (χ3v) is 10.7. The minimum absolute atomic E-state index is 0.175. The number of anilines is 1. The van der Waals surface area contributed by atoms with Crippen LogP contribution in [0.4, 0.5) is 5.69 Å². The molecule has 0 heterocycles. The molecule has 1 aromatic carbocycles. The van der Waals surface area contributed by atoms with Crippen LogP contribution >= 0.6 is 0 Å². The van der Waals surface area contributed by atoms with Gasteiger partial charge in [-0.05, 0) is 110 Å². The molecule has 0 aliphatic heterocycles. The normalized spacial score (nSPS) is 40.8. The Morgan fingerprint density at radius 3 is 2.47 bits per heavy atom. The fourth-order valence-corrected chi connectivity index (χ4v) is 9.18. The van der Waals surface area contributed by atoms with Crippen LogP contribution in [0.3, 0.4) is 0 Å².